The van der Waals surface area contributed by atoms with Gasteiger partial charge in [-0.25, -0.2) is 9.18 Å². The van der Waals surface area contributed by atoms with Crippen LogP contribution in [0.4, 0.5) is 4.39 Å². The molecule has 3 aromatic rings. The molecule has 0 aliphatic heterocycles. The van der Waals surface area contributed by atoms with E-state index in [9.17, 15) is 29.0 Å². The lowest BCUT2D eigenvalue weighted by molar-refractivity contribution is -0.143. The number of hydrogen-bond acceptors (Lipinski definition) is 4. The van der Waals surface area contributed by atoms with Crippen LogP contribution < -0.4 is 10.6 Å². The van der Waals surface area contributed by atoms with Crippen molar-refractivity contribution in [1.82, 2.24) is 10.6 Å². The Morgan fingerprint density at radius 2 is 1.48 bits per heavy atom. The quantitative estimate of drug-likeness (QED) is 0.400. The Morgan fingerprint density at radius 1 is 0.848 bits per heavy atom. The zero-order chi connectivity index (χ0) is 23.8. The Labute approximate surface area is 189 Å². The first-order valence-corrected chi connectivity index (χ1v) is 10.2. The van der Waals surface area contributed by atoms with E-state index in [-0.39, 0.29) is 6.42 Å². The largest absolute Gasteiger partial charge is 0.480 e. The molecule has 3 aromatic carbocycles. The number of rotatable bonds is 9. The molecule has 0 unspecified atom stereocenters. The van der Waals surface area contributed by atoms with Gasteiger partial charge in [0.05, 0.1) is 6.04 Å². The third-order valence-electron chi connectivity index (χ3n) is 5.01. The summed E-state index contributed by atoms with van der Waals surface area (Å²) in [6, 6.07) is 19.5. The summed E-state index contributed by atoms with van der Waals surface area (Å²) in [5.41, 5.74) is 1.16. The van der Waals surface area contributed by atoms with Crippen LogP contribution in [0, 0.1) is 5.82 Å². The van der Waals surface area contributed by atoms with Gasteiger partial charge in [0.1, 0.15) is 11.9 Å². The minimum Gasteiger partial charge on any atom is -0.480 e. The molecule has 3 atom stereocenters. The van der Waals surface area contributed by atoms with E-state index in [4.69, 9.17) is 0 Å². The normalized spacial score (nSPS) is 13.4. The molecule has 0 aromatic heterocycles. The van der Waals surface area contributed by atoms with Crippen molar-refractivity contribution in [3.63, 3.8) is 0 Å². The van der Waals surface area contributed by atoms with E-state index in [0.717, 1.165) is 0 Å². The third kappa shape index (κ3) is 6.47. The zero-order valence-electron chi connectivity index (χ0n) is 17.5. The Balaban J connectivity index is 1.79. The minimum absolute atomic E-state index is 0.183. The van der Waals surface area contributed by atoms with Gasteiger partial charge in [0, 0.05) is 12.0 Å². The van der Waals surface area contributed by atoms with Gasteiger partial charge >= 0.3 is 5.97 Å². The molecule has 0 saturated heterocycles. The van der Waals surface area contributed by atoms with E-state index in [1.54, 1.807) is 60.7 Å². The molecule has 4 N–H and O–H groups in total. The van der Waals surface area contributed by atoms with Crippen LogP contribution in [0.3, 0.4) is 0 Å². The van der Waals surface area contributed by atoms with Gasteiger partial charge in [-0.15, -0.1) is 0 Å². The Bertz CT molecular complexity index is 1110. The van der Waals surface area contributed by atoms with Crippen molar-refractivity contribution in [3.8, 4) is 0 Å². The van der Waals surface area contributed by atoms with E-state index < -0.39 is 41.8 Å². The van der Waals surface area contributed by atoms with Crippen molar-refractivity contribution in [2.45, 2.75) is 24.6 Å². The number of halogens is 1. The maximum Gasteiger partial charge on any atom is 0.326 e. The lowest BCUT2D eigenvalue weighted by Gasteiger charge is -2.25. The summed E-state index contributed by atoms with van der Waals surface area (Å²) in [4.78, 5) is 37.2. The average Bonchev–Trinajstić information content (AvgIpc) is 2.82. The number of carbonyl (C=O) groups is 3. The summed E-state index contributed by atoms with van der Waals surface area (Å²) >= 11 is 0. The van der Waals surface area contributed by atoms with Crippen LogP contribution in [0.2, 0.25) is 0 Å². The summed E-state index contributed by atoms with van der Waals surface area (Å²) in [7, 11) is 0. The van der Waals surface area contributed by atoms with E-state index in [2.05, 4.69) is 10.6 Å². The number of hydrogen-bond donors (Lipinski definition) is 4. The van der Waals surface area contributed by atoms with Crippen LogP contribution in [0.5, 0.6) is 0 Å². The van der Waals surface area contributed by atoms with E-state index in [0.29, 0.717) is 16.7 Å². The number of aliphatic hydroxyl groups is 1. The molecule has 0 spiro atoms. The Hall–Kier alpha value is -4.04. The summed E-state index contributed by atoms with van der Waals surface area (Å²) in [5, 5.41) is 25.2. The second kappa shape index (κ2) is 11.0. The van der Waals surface area contributed by atoms with Gasteiger partial charge in [0.25, 0.3) is 11.8 Å². The third-order valence-corrected chi connectivity index (χ3v) is 5.01. The van der Waals surface area contributed by atoms with Gasteiger partial charge < -0.3 is 20.8 Å². The fourth-order valence-corrected chi connectivity index (χ4v) is 3.33. The van der Waals surface area contributed by atoms with Crippen molar-refractivity contribution in [2.75, 3.05) is 0 Å². The van der Waals surface area contributed by atoms with Crippen molar-refractivity contribution in [2.24, 2.45) is 0 Å². The molecule has 2 amide bonds. The summed E-state index contributed by atoms with van der Waals surface area (Å²) in [6.45, 7) is 0. The minimum atomic E-state index is -1.78. The molecule has 7 nitrogen and oxygen atoms in total. The fraction of sp³-hybridized carbons (Fsp3) is 0.160. The Kier molecular flexibility index (Phi) is 7.88. The molecule has 0 heterocycles. The maximum atomic E-state index is 13.4. The zero-order valence-corrected chi connectivity index (χ0v) is 17.5. The van der Waals surface area contributed by atoms with Crippen LogP contribution >= 0.6 is 0 Å². The highest BCUT2D eigenvalue weighted by Gasteiger charge is 2.32. The molecule has 3 rings (SSSR count). The van der Waals surface area contributed by atoms with Crippen LogP contribution in [-0.2, 0) is 16.0 Å². The number of benzene rings is 3. The highest BCUT2D eigenvalue weighted by Crippen LogP contribution is 2.19. The topological polar surface area (TPSA) is 116 Å². The van der Waals surface area contributed by atoms with Crippen LogP contribution in [0.25, 0.3) is 0 Å². The lowest BCUT2D eigenvalue weighted by atomic mass is 9.99. The SMILES string of the molecule is O=C(N[C@@H](c1ccccc1)[C@@H](O)C(=O)N[C@H](Cc1cccc(F)c1)C(=O)O)c1ccccc1. The fourth-order valence-electron chi connectivity index (χ4n) is 3.33. The molecular weight excluding hydrogens is 427 g/mol. The maximum absolute atomic E-state index is 13.4. The highest BCUT2D eigenvalue weighted by atomic mass is 19.1. The first kappa shape index (κ1) is 23.6. The lowest BCUT2D eigenvalue weighted by Crippen LogP contribution is -2.50. The highest BCUT2D eigenvalue weighted by molar-refractivity contribution is 5.95. The van der Waals surface area contributed by atoms with E-state index in [1.165, 1.54) is 24.3 Å². The van der Waals surface area contributed by atoms with Crippen molar-refractivity contribution < 1.29 is 29.0 Å². The molecular formula is C25H23FN2O5. The summed E-state index contributed by atoms with van der Waals surface area (Å²) < 4.78 is 13.4. The number of carbonyl (C=O) groups excluding carboxylic acids is 2. The second-order valence-corrected chi connectivity index (χ2v) is 7.41. The molecule has 8 heteroatoms. The molecule has 0 radical (unpaired) electrons. The van der Waals surface area contributed by atoms with Crippen molar-refractivity contribution in [3.05, 3.63) is 107 Å². The van der Waals surface area contributed by atoms with Gasteiger partial charge in [0.2, 0.25) is 0 Å². The van der Waals surface area contributed by atoms with Gasteiger partial charge in [-0.3, -0.25) is 9.59 Å². The van der Waals surface area contributed by atoms with Crippen LogP contribution in [-0.4, -0.2) is 40.1 Å². The monoisotopic (exact) mass is 450 g/mol. The summed E-state index contributed by atoms with van der Waals surface area (Å²) in [6.07, 6.45) is -1.97. The predicted molar refractivity (Wildman–Crippen MR) is 119 cm³/mol. The molecule has 0 aliphatic rings. The van der Waals surface area contributed by atoms with Gasteiger partial charge in [0.15, 0.2) is 6.10 Å². The number of amides is 2. The number of aliphatic hydroxyl groups excluding tert-OH is 1. The predicted octanol–water partition coefficient (Wildman–Crippen LogP) is 2.47. The number of nitrogens with one attached hydrogen (secondary N) is 2. The van der Waals surface area contributed by atoms with Crippen LogP contribution in [0.1, 0.15) is 27.5 Å². The second-order valence-electron chi connectivity index (χ2n) is 7.41. The first-order valence-electron chi connectivity index (χ1n) is 10.2. The number of carboxylic acids is 1. The van der Waals surface area contributed by atoms with Gasteiger partial charge in [-0.2, -0.15) is 0 Å². The van der Waals surface area contributed by atoms with E-state index in [1.807, 2.05) is 0 Å². The van der Waals surface area contributed by atoms with Crippen molar-refractivity contribution in [1.29, 1.82) is 0 Å². The van der Waals surface area contributed by atoms with Crippen molar-refractivity contribution >= 4 is 17.8 Å². The molecule has 0 aliphatic carbocycles. The molecule has 0 saturated carbocycles. The molecule has 33 heavy (non-hydrogen) atoms. The number of aliphatic carboxylic acids is 1. The van der Waals surface area contributed by atoms with Gasteiger partial charge in [-0.1, -0.05) is 60.7 Å². The molecule has 170 valence electrons. The Morgan fingerprint density at radius 3 is 2.09 bits per heavy atom. The van der Waals surface area contributed by atoms with Crippen LogP contribution in [0.15, 0.2) is 84.9 Å². The standard InChI is InChI=1S/C25H23FN2O5/c26-19-13-7-8-16(14-19)15-20(25(32)33)27-24(31)22(29)21(17-9-3-1-4-10-17)28-23(30)18-11-5-2-6-12-18/h1-14,20-22,29H,15H2,(H,27,31)(H,28,30)(H,32,33)/t20-,21+,22-/m1/s1. The number of carboxylic acid groups (broad SMARTS) is 1. The van der Waals surface area contributed by atoms with E-state index >= 15 is 0 Å². The summed E-state index contributed by atoms with van der Waals surface area (Å²) in [5.74, 6) is -3.37. The smallest absolute Gasteiger partial charge is 0.326 e. The average molecular weight is 450 g/mol. The first-order chi connectivity index (χ1) is 15.8. The molecule has 0 fully saturated rings. The molecule has 0 bridgehead atoms. The van der Waals surface area contributed by atoms with Gasteiger partial charge in [-0.05, 0) is 35.4 Å².